The van der Waals surface area contributed by atoms with Gasteiger partial charge in [0.1, 0.15) is 0 Å². The zero-order chi connectivity index (χ0) is 7.82. The topological polar surface area (TPSA) is 20.2 Å². The molecule has 0 heterocycles. The van der Waals surface area contributed by atoms with Crippen molar-refractivity contribution in [1.82, 2.24) is 0 Å². The summed E-state index contributed by atoms with van der Waals surface area (Å²) in [6, 6.07) is 0. The Morgan fingerprint density at radius 2 is 1.80 bits per heavy atom. The summed E-state index contributed by atoms with van der Waals surface area (Å²) >= 11 is 0. The van der Waals surface area contributed by atoms with E-state index < -0.39 is 0 Å². The first-order chi connectivity index (χ1) is 4.81. The van der Waals surface area contributed by atoms with Crippen LogP contribution in [-0.2, 0) is 0 Å². The minimum absolute atomic E-state index is 0.358. The van der Waals surface area contributed by atoms with Gasteiger partial charge in [0.25, 0.3) is 0 Å². The van der Waals surface area contributed by atoms with Gasteiger partial charge in [-0.15, -0.1) is 0 Å². The summed E-state index contributed by atoms with van der Waals surface area (Å²) in [6.45, 7) is 4.85. The summed E-state index contributed by atoms with van der Waals surface area (Å²) in [6.07, 6.45) is 6.13. The Morgan fingerprint density at radius 3 is 2.30 bits per heavy atom. The molecule has 0 aliphatic carbocycles. The van der Waals surface area contributed by atoms with Crippen LogP contribution in [0.3, 0.4) is 0 Å². The minimum Gasteiger partial charge on any atom is -0.396 e. The van der Waals surface area contributed by atoms with Crippen LogP contribution < -0.4 is 0 Å². The largest absolute Gasteiger partial charge is 0.396 e. The fraction of sp³-hybridized carbons (Fsp3) is 1.00. The van der Waals surface area contributed by atoms with Crippen molar-refractivity contribution in [2.75, 3.05) is 6.61 Å². The fourth-order valence-corrected chi connectivity index (χ4v) is 1.14. The molecule has 10 heavy (non-hydrogen) atoms. The molecule has 0 saturated carbocycles. The van der Waals surface area contributed by atoms with Gasteiger partial charge >= 0.3 is 0 Å². The van der Waals surface area contributed by atoms with Gasteiger partial charge in [-0.1, -0.05) is 33.1 Å². The molecule has 1 N–H and O–H groups in total. The van der Waals surface area contributed by atoms with Gasteiger partial charge in [0, 0.05) is 6.61 Å². The van der Waals surface area contributed by atoms with Gasteiger partial charge in [-0.2, -0.15) is 0 Å². The molecule has 0 fully saturated rings. The van der Waals surface area contributed by atoms with Crippen molar-refractivity contribution >= 4 is 0 Å². The summed E-state index contributed by atoms with van der Waals surface area (Å²) < 4.78 is 0. The first kappa shape index (κ1) is 9.96. The molecule has 0 bridgehead atoms. The normalized spacial score (nSPS) is 13.5. The Hall–Kier alpha value is -0.0400. The van der Waals surface area contributed by atoms with Crippen molar-refractivity contribution in [3.8, 4) is 0 Å². The molecular formula is C9H20O. The SMILES string of the molecule is CCCCC(C)CCCO. The van der Waals surface area contributed by atoms with E-state index in [0.717, 1.165) is 12.3 Å². The Bertz CT molecular complexity index is 53.7. The van der Waals surface area contributed by atoms with Crippen LogP contribution in [0, 0.1) is 5.92 Å². The maximum absolute atomic E-state index is 8.54. The van der Waals surface area contributed by atoms with E-state index in [4.69, 9.17) is 5.11 Å². The lowest BCUT2D eigenvalue weighted by Gasteiger charge is -2.08. The molecular weight excluding hydrogens is 124 g/mol. The van der Waals surface area contributed by atoms with Crippen LogP contribution in [0.4, 0.5) is 0 Å². The van der Waals surface area contributed by atoms with Crippen LogP contribution in [0.2, 0.25) is 0 Å². The van der Waals surface area contributed by atoms with Crippen molar-refractivity contribution in [2.24, 2.45) is 5.92 Å². The van der Waals surface area contributed by atoms with Crippen molar-refractivity contribution in [3.05, 3.63) is 0 Å². The predicted octanol–water partition coefficient (Wildman–Crippen LogP) is 2.59. The summed E-state index contributed by atoms with van der Waals surface area (Å²) in [5, 5.41) is 8.54. The Kier molecular flexibility index (Phi) is 7.04. The van der Waals surface area contributed by atoms with Crippen molar-refractivity contribution in [2.45, 2.75) is 46.0 Å². The molecule has 1 heteroatoms. The van der Waals surface area contributed by atoms with E-state index in [9.17, 15) is 0 Å². The number of hydrogen-bond acceptors (Lipinski definition) is 1. The summed E-state index contributed by atoms with van der Waals surface area (Å²) in [4.78, 5) is 0. The highest BCUT2D eigenvalue weighted by Gasteiger charge is 1.99. The molecule has 1 atom stereocenters. The molecule has 0 amide bonds. The molecule has 0 aliphatic rings. The van der Waals surface area contributed by atoms with Crippen molar-refractivity contribution < 1.29 is 5.11 Å². The van der Waals surface area contributed by atoms with E-state index in [2.05, 4.69) is 13.8 Å². The Morgan fingerprint density at radius 1 is 1.20 bits per heavy atom. The second-order valence-electron chi connectivity index (χ2n) is 3.11. The molecule has 0 aromatic heterocycles. The molecule has 0 radical (unpaired) electrons. The number of unbranched alkanes of at least 4 members (excludes halogenated alkanes) is 1. The lowest BCUT2D eigenvalue weighted by Crippen LogP contribution is -1.95. The fourth-order valence-electron chi connectivity index (χ4n) is 1.14. The summed E-state index contributed by atoms with van der Waals surface area (Å²) in [7, 11) is 0. The van der Waals surface area contributed by atoms with Crippen LogP contribution in [0.5, 0.6) is 0 Å². The molecule has 1 nitrogen and oxygen atoms in total. The van der Waals surface area contributed by atoms with E-state index in [0.29, 0.717) is 6.61 Å². The maximum Gasteiger partial charge on any atom is 0.0431 e. The second-order valence-corrected chi connectivity index (χ2v) is 3.11. The smallest absolute Gasteiger partial charge is 0.0431 e. The molecule has 0 spiro atoms. The number of rotatable bonds is 6. The molecule has 0 aromatic carbocycles. The van der Waals surface area contributed by atoms with E-state index in [1.165, 1.54) is 25.7 Å². The third kappa shape index (κ3) is 6.09. The van der Waals surface area contributed by atoms with Crippen molar-refractivity contribution in [1.29, 1.82) is 0 Å². The lowest BCUT2D eigenvalue weighted by molar-refractivity contribution is 0.271. The van der Waals surface area contributed by atoms with Crippen LogP contribution in [-0.4, -0.2) is 11.7 Å². The highest BCUT2D eigenvalue weighted by atomic mass is 16.2. The predicted molar refractivity (Wildman–Crippen MR) is 45.0 cm³/mol. The van der Waals surface area contributed by atoms with Gasteiger partial charge in [-0.3, -0.25) is 0 Å². The Balaban J connectivity index is 3.00. The third-order valence-corrected chi connectivity index (χ3v) is 1.91. The lowest BCUT2D eigenvalue weighted by atomic mass is 9.99. The molecule has 0 saturated heterocycles. The monoisotopic (exact) mass is 144 g/mol. The molecule has 62 valence electrons. The average molecular weight is 144 g/mol. The first-order valence-corrected chi connectivity index (χ1v) is 4.42. The van der Waals surface area contributed by atoms with Gasteiger partial charge in [0.05, 0.1) is 0 Å². The number of aliphatic hydroxyl groups is 1. The highest BCUT2D eigenvalue weighted by molar-refractivity contribution is 4.52. The Labute approximate surface area is 64.5 Å². The van der Waals surface area contributed by atoms with Gasteiger partial charge in [0.2, 0.25) is 0 Å². The van der Waals surface area contributed by atoms with E-state index in [-0.39, 0.29) is 0 Å². The molecule has 0 rings (SSSR count). The highest BCUT2D eigenvalue weighted by Crippen LogP contribution is 2.12. The average Bonchev–Trinajstić information content (AvgIpc) is 1.97. The van der Waals surface area contributed by atoms with E-state index in [1.807, 2.05) is 0 Å². The maximum atomic E-state index is 8.54. The number of aliphatic hydroxyl groups excluding tert-OH is 1. The quantitative estimate of drug-likeness (QED) is 0.607. The molecule has 1 unspecified atom stereocenters. The first-order valence-electron chi connectivity index (χ1n) is 4.42. The standard InChI is InChI=1S/C9H20O/c1-3-4-6-9(2)7-5-8-10/h9-10H,3-8H2,1-2H3. The van der Waals surface area contributed by atoms with Crippen LogP contribution >= 0.6 is 0 Å². The third-order valence-electron chi connectivity index (χ3n) is 1.91. The van der Waals surface area contributed by atoms with Crippen LogP contribution in [0.25, 0.3) is 0 Å². The molecule has 0 aliphatic heterocycles. The zero-order valence-corrected chi connectivity index (χ0v) is 7.27. The number of hydrogen-bond donors (Lipinski definition) is 1. The van der Waals surface area contributed by atoms with Crippen molar-refractivity contribution in [3.63, 3.8) is 0 Å². The van der Waals surface area contributed by atoms with E-state index in [1.54, 1.807) is 0 Å². The minimum atomic E-state index is 0.358. The van der Waals surface area contributed by atoms with Gasteiger partial charge in [-0.25, -0.2) is 0 Å². The van der Waals surface area contributed by atoms with Gasteiger partial charge < -0.3 is 5.11 Å². The van der Waals surface area contributed by atoms with E-state index >= 15 is 0 Å². The summed E-state index contributed by atoms with van der Waals surface area (Å²) in [5.41, 5.74) is 0. The van der Waals surface area contributed by atoms with Crippen LogP contribution in [0.1, 0.15) is 46.0 Å². The summed E-state index contributed by atoms with van der Waals surface area (Å²) in [5.74, 6) is 0.812. The van der Waals surface area contributed by atoms with Crippen LogP contribution in [0.15, 0.2) is 0 Å². The second kappa shape index (κ2) is 7.07. The van der Waals surface area contributed by atoms with Gasteiger partial charge in [0.15, 0.2) is 0 Å². The van der Waals surface area contributed by atoms with Gasteiger partial charge in [-0.05, 0) is 18.8 Å². The zero-order valence-electron chi connectivity index (χ0n) is 7.27. The molecule has 0 aromatic rings.